The predicted molar refractivity (Wildman–Crippen MR) is 89.7 cm³/mol. The van der Waals surface area contributed by atoms with Crippen molar-refractivity contribution in [3.8, 4) is 11.5 Å². The molecule has 1 amide bonds. The Bertz CT molecular complexity index is 753. The number of ether oxygens (including phenoxy) is 2. The van der Waals surface area contributed by atoms with Crippen molar-refractivity contribution in [2.45, 2.75) is 13.8 Å². The molecule has 126 valence electrons. The topological polar surface area (TPSA) is 90.7 Å². The lowest BCUT2D eigenvalue weighted by atomic mass is 10.1. The monoisotopic (exact) mass is 330 g/mol. The van der Waals surface area contributed by atoms with Gasteiger partial charge in [-0.15, -0.1) is 0 Å². The fraction of sp³-hybridized carbons (Fsp3) is 0.235. The van der Waals surface area contributed by atoms with Crippen molar-refractivity contribution >= 4 is 17.3 Å². The second-order valence-corrected chi connectivity index (χ2v) is 5.19. The van der Waals surface area contributed by atoms with Gasteiger partial charge in [-0.2, -0.15) is 0 Å². The van der Waals surface area contributed by atoms with Crippen LogP contribution in [0.3, 0.4) is 0 Å². The standard InChI is InChI=1S/C17H18N2O5/c1-11-5-4-6-12(2)17(11)18-16(20)10-24-13-7-8-14(19(21)22)15(9-13)23-3/h4-9H,10H2,1-3H3,(H,18,20). The second-order valence-electron chi connectivity index (χ2n) is 5.19. The average Bonchev–Trinajstić information content (AvgIpc) is 2.56. The van der Waals surface area contributed by atoms with Gasteiger partial charge in [-0.25, -0.2) is 0 Å². The summed E-state index contributed by atoms with van der Waals surface area (Å²) in [7, 11) is 1.33. The van der Waals surface area contributed by atoms with E-state index in [1.165, 1.54) is 25.3 Å². The summed E-state index contributed by atoms with van der Waals surface area (Å²) < 4.78 is 10.3. The van der Waals surface area contributed by atoms with Crippen LogP contribution in [0.25, 0.3) is 0 Å². The zero-order chi connectivity index (χ0) is 17.7. The SMILES string of the molecule is COc1cc(OCC(=O)Nc2c(C)cccc2C)ccc1[N+](=O)[O-]. The number of nitro groups is 1. The number of anilines is 1. The number of aryl methyl sites for hydroxylation is 2. The molecule has 0 radical (unpaired) electrons. The Kier molecular flexibility index (Phi) is 5.36. The zero-order valence-electron chi connectivity index (χ0n) is 13.7. The fourth-order valence-electron chi connectivity index (χ4n) is 2.23. The molecule has 0 bridgehead atoms. The van der Waals surface area contributed by atoms with Gasteiger partial charge in [0.1, 0.15) is 5.75 Å². The van der Waals surface area contributed by atoms with Gasteiger partial charge in [-0.3, -0.25) is 14.9 Å². The van der Waals surface area contributed by atoms with Gasteiger partial charge in [0.2, 0.25) is 5.75 Å². The number of nitrogens with one attached hydrogen (secondary N) is 1. The van der Waals surface area contributed by atoms with Crippen LogP contribution in [0.2, 0.25) is 0 Å². The Hall–Kier alpha value is -3.09. The Morgan fingerprint density at radius 3 is 2.46 bits per heavy atom. The van der Waals surface area contributed by atoms with Crippen LogP contribution in [0.1, 0.15) is 11.1 Å². The molecule has 0 unspecified atom stereocenters. The van der Waals surface area contributed by atoms with Crippen LogP contribution in [0.4, 0.5) is 11.4 Å². The van der Waals surface area contributed by atoms with Crippen molar-refractivity contribution in [1.29, 1.82) is 0 Å². The van der Waals surface area contributed by atoms with Gasteiger partial charge in [-0.05, 0) is 31.0 Å². The van der Waals surface area contributed by atoms with Crippen LogP contribution in [0, 0.1) is 24.0 Å². The van der Waals surface area contributed by atoms with Gasteiger partial charge in [0.05, 0.1) is 12.0 Å². The third-order valence-electron chi connectivity index (χ3n) is 3.46. The molecule has 0 saturated heterocycles. The molecule has 0 aliphatic rings. The van der Waals surface area contributed by atoms with Crippen LogP contribution in [-0.4, -0.2) is 24.5 Å². The molecule has 2 aromatic carbocycles. The molecule has 0 aliphatic carbocycles. The predicted octanol–water partition coefficient (Wildman–Crippen LogP) is 3.24. The summed E-state index contributed by atoms with van der Waals surface area (Å²) in [6, 6.07) is 9.81. The van der Waals surface area contributed by atoms with Gasteiger partial charge in [0.25, 0.3) is 5.91 Å². The van der Waals surface area contributed by atoms with Gasteiger partial charge >= 0.3 is 5.69 Å². The lowest BCUT2D eigenvalue weighted by Crippen LogP contribution is -2.21. The molecule has 1 N–H and O–H groups in total. The van der Waals surface area contributed by atoms with E-state index in [2.05, 4.69) is 5.32 Å². The molecule has 7 heteroatoms. The molecule has 2 rings (SSSR count). The molecule has 2 aromatic rings. The van der Waals surface area contributed by atoms with Crippen LogP contribution in [0.5, 0.6) is 11.5 Å². The van der Waals surface area contributed by atoms with Crippen molar-refractivity contribution < 1.29 is 19.2 Å². The molecule has 24 heavy (non-hydrogen) atoms. The van der Waals surface area contributed by atoms with E-state index in [0.717, 1.165) is 16.8 Å². The van der Waals surface area contributed by atoms with Crippen molar-refractivity contribution in [1.82, 2.24) is 0 Å². The summed E-state index contributed by atoms with van der Waals surface area (Å²) in [6.07, 6.45) is 0. The zero-order valence-corrected chi connectivity index (χ0v) is 13.7. The molecular weight excluding hydrogens is 312 g/mol. The molecule has 0 spiro atoms. The second kappa shape index (κ2) is 7.45. The van der Waals surface area contributed by atoms with Crippen molar-refractivity contribution in [3.63, 3.8) is 0 Å². The molecule has 0 aliphatic heterocycles. The first kappa shape index (κ1) is 17.3. The van der Waals surface area contributed by atoms with Crippen LogP contribution in [0.15, 0.2) is 36.4 Å². The van der Waals surface area contributed by atoms with E-state index in [1.807, 2.05) is 32.0 Å². The largest absolute Gasteiger partial charge is 0.490 e. The number of hydrogen-bond acceptors (Lipinski definition) is 5. The van der Waals surface area contributed by atoms with Crippen LogP contribution < -0.4 is 14.8 Å². The van der Waals surface area contributed by atoms with E-state index < -0.39 is 4.92 Å². The molecule has 0 aromatic heterocycles. The highest BCUT2D eigenvalue weighted by Gasteiger charge is 2.16. The normalized spacial score (nSPS) is 10.1. The van der Waals surface area contributed by atoms with Crippen LogP contribution >= 0.6 is 0 Å². The van der Waals surface area contributed by atoms with Crippen LogP contribution in [-0.2, 0) is 4.79 Å². The highest BCUT2D eigenvalue weighted by Crippen LogP contribution is 2.30. The third-order valence-corrected chi connectivity index (χ3v) is 3.46. The number of para-hydroxylation sites is 1. The van der Waals surface area contributed by atoms with E-state index in [-0.39, 0.29) is 24.0 Å². The minimum absolute atomic E-state index is 0.0765. The quantitative estimate of drug-likeness (QED) is 0.648. The molecule has 7 nitrogen and oxygen atoms in total. The number of nitro benzene ring substituents is 1. The lowest BCUT2D eigenvalue weighted by molar-refractivity contribution is -0.385. The number of hydrogen-bond donors (Lipinski definition) is 1. The first-order valence-electron chi connectivity index (χ1n) is 7.23. The number of carbonyl (C=O) groups is 1. The maximum absolute atomic E-state index is 12.0. The number of carbonyl (C=O) groups excluding carboxylic acids is 1. The first-order valence-corrected chi connectivity index (χ1v) is 7.23. The third kappa shape index (κ3) is 4.01. The Morgan fingerprint density at radius 2 is 1.88 bits per heavy atom. The highest BCUT2D eigenvalue weighted by molar-refractivity contribution is 5.93. The van der Waals surface area contributed by atoms with Gasteiger partial charge in [0.15, 0.2) is 6.61 Å². The van der Waals surface area contributed by atoms with Crippen molar-refractivity contribution in [3.05, 3.63) is 57.6 Å². The summed E-state index contributed by atoms with van der Waals surface area (Å²) in [6.45, 7) is 3.60. The minimum atomic E-state index is -0.545. The highest BCUT2D eigenvalue weighted by atomic mass is 16.6. The van der Waals surface area contributed by atoms with E-state index >= 15 is 0 Å². The summed E-state index contributed by atoms with van der Waals surface area (Å²) in [4.78, 5) is 22.3. The summed E-state index contributed by atoms with van der Waals surface area (Å²) >= 11 is 0. The lowest BCUT2D eigenvalue weighted by Gasteiger charge is -2.12. The Morgan fingerprint density at radius 1 is 1.21 bits per heavy atom. The molecule has 0 saturated carbocycles. The van der Waals surface area contributed by atoms with Crippen molar-refractivity contribution in [2.24, 2.45) is 0 Å². The summed E-state index contributed by atoms with van der Waals surface area (Å²) in [5, 5.41) is 13.6. The number of nitrogens with zero attached hydrogens (tertiary/aromatic N) is 1. The van der Waals surface area contributed by atoms with Crippen molar-refractivity contribution in [2.75, 3.05) is 19.0 Å². The average molecular weight is 330 g/mol. The maximum atomic E-state index is 12.0. The van der Waals surface area contributed by atoms with E-state index in [4.69, 9.17) is 9.47 Å². The molecular formula is C17H18N2O5. The van der Waals surface area contributed by atoms with E-state index in [0.29, 0.717) is 5.75 Å². The van der Waals surface area contributed by atoms with Gasteiger partial charge in [-0.1, -0.05) is 18.2 Å². The summed E-state index contributed by atoms with van der Waals surface area (Å²) in [5.74, 6) is 0.0754. The fourth-order valence-corrected chi connectivity index (χ4v) is 2.23. The smallest absolute Gasteiger partial charge is 0.311 e. The molecule has 0 heterocycles. The number of benzene rings is 2. The van der Waals surface area contributed by atoms with E-state index in [1.54, 1.807) is 0 Å². The number of rotatable bonds is 6. The van der Waals surface area contributed by atoms with Gasteiger partial charge < -0.3 is 14.8 Å². The Labute approximate surface area is 139 Å². The van der Waals surface area contributed by atoms with E-state index in [9.17, 15) is 14.9 Å². The Balaban J connectivity index is 2.03. The molecule has 0 fully saturated rings. The van der Waals surface area contributed by atoms with Gasteiger partial charge in [0, 0.05) is 17.8 Å². The molecule has 0 atom stereocenters. The maximum Gasteiger partial charge on any atom is 0.311 e. The number of amides is 1. The minimum Gasteiger partial charge on any atom is -0.490 e. The number of methoxy groups -OCH3 is 1. The summed E-state index contributed by atoms with van der Waals surface area (Å²) in [5.41, 5.74) is 2.51. The first-order chi connectivity index (χ1) is 11.4.